The monoisotopic (exact) mass is 401 g/mol. The highest BCUT2D eigenvalue weighted by molar-refractivity contribution is 5.77. The second kappa shape index (κ2) is 9.19. The average Bonchev–Trinajstić information content (AvgIpc) is 3.06. The number of aromatic nitrogens is 3. The van der Waals surface area contributed by atoms with Gasteiger partial charge in [-0.15, -0.1) is 0 Å². The van der Waals surface area contributed by atoms with Crippen LogP contribution in [0.4, 0.5) is 0 Å². The zero-order valence-corrected chi connectivity index (χ0v) is 17.4. The second-order valence-electron chi connectivity index (χ2n) is 8.00. The molecule has 0 radical (unpaired) electrons. The van der Waals surface area contributed by atoms with Gasteiger partial charge in [0, 0.05) is 58.4 Å². The van der Waals surface area contributed by atoms with E-state index in [0.29, 0.717) is 19.1 Å². The molecule has 2 aliphatic heterocycles. The van der Waals surface area contributed by atoms with Crippen molar-refractivity contribution in [3.8, 4) is 0 Å². The number of fused-ring (bicyclic) bond motifs is 1. The predicted molar refractivity (Wildman–Crippen MR) is 110 cm³/mol. The summed E-state index contributed by atoms with van der Waals surface area (Å²) in [6.07, 6.45) is 3.91. The normalized spacial score (nSPS) is 19.4. The highest BCUT2D eigenvalue weighted by atomic mass is 16.5. The summed E-state index contributed by atoms with van der Waals surface area (Å²) in [5, 5.41) is 0. The Morgan fingerprint density at radius 1 is 1.34 bits per heavy atom. The Morgan fingerprint density at radius 3 is 2.90 bits per heavy atom. The molecule has 0 N–H and O–H groups in total. The van der Waals surface area contributed by atoms with Gasteiger partial charge in [0.05, 0.1) is 25.9 Å². The molecule has 0 unspecified atom stereocenters. The molecule has 2 fully saturated rings. The van der Waals surface area contributed by atoms with E-state index in [0.717, 1.165) is 69.2 Å². The van der Waals surface area contributed by atoms with Crippen molar-refractivity contribution in [3.63, 3.8) is 0 Å². The number of methoxy groups -OCH3 is 1. The first-order valence-electron chi connectivity index (χ1n) is 10.6. The summed E-state index contributed by atoms with van der Waals surface area (Å²) in [5.74, 6) is 1.23. The van der Waals surface area contributed by atoms with Crippen LogP contribution in [0.3, 0.4) is 0 Å². The highest BCUT2D eigenvalue weighted by Crippen LogP contribution is 2.22. The van der Waals surface area contributed by atoms with E-state index in [4.69, 9.17) is 14.5 Å². The number of aryl methyl sites for hydroxylation is 1. The van der Waals surface area contributed by atoms with Crippen LogP contribution < -0.4 is 0 Å². The topological polar surface area (TPSA) is 72.7 Å². The number of nitrogens with zero attached hydrogens (tertiary/aromatic N) is 5. The number of pyridine rings is 1. The van der Waals surface area contributed by atoms with Gasteiger partial charge in [0.1, 0.15) is 11.3 Å². The van der Waals surface area contributed by atoms with E-state index in [1.165, 1.54) is 0 Å². The minimum Gasteiger partial charge on any atom is -0.383 e. The molecule has 4 rings (SSSR count). The zero-order chi connectivity index (χ0) is 20.2. The molecule has 1 amide bonds. The third kappa shape index (κ3) is 4.44. The van der Waals surface area contributed by atoms with Crippen LogP contribution in [-0.2, 0) is 20.7 Å². The SMILES string of the molecule is COC[C@H](C)n1c(CCCC(=O)N2CC(N3CCOCC3)C2)nc2cccnc21. The van der Waals surface area contributed by atoms with Crippen molar-refractivity contribution >= 4 is 17.1 Å². The van der Waals surface area contributed by atoms with Gasteiger partial charge in [0.15, 0.2) is 5.65 Å². The summed E-state index contributed by atoms with van der Waals surface area (Å²) in [4.78, 5) is 26.3. The molecule has 2 saturated heterocycles. The lowest BCUT2D eigenvalue weighted by molar-refractivity contribution is -0.140. The summed E-state index contributed by atoms with van der Waals surface area (Å²) < 4.78 is 12.9. The van der Waals surface area contributed by atoms with Crippen LogP contribution in [0, 0.1) is 0 Å². The fraction of sp³-hybridized carbons (Fsp3) is 0.667. The van der Waals surface area contributed by atoms with E-state index >= 15 is 0 Å². The van der Waals surface area contributed by atoms with Crippen LogP contribution in [0.5, 0.6) is 0 Å². The third-order valence-corrected chi connectivity index (χ3v) is 5.94. The maximum absolute atomic E-state index is 12.6. The summed E-state index contributed by atoms with van der Waals surface area (Å²) in [6, 6.07) is 4.55. The molecule has 8 heteroatoms. The summed E-state index contributed by atoms with van der Waals surface area (Å²) in [6.45, 7) is 8.00. The molecule has 0 saturated carbocycles. The van der Waals surface area contributed by atoms with Crippen LogP contribution in [-0.4, -0.2) is 89.4 Å². The lowest BCUT2D eigenvalue weighted by atomic mass is 10.1. The number of likely N-dealkylation sites (tertiary alicyclic amines) is 1. The number of imidazole rings is 1. The van der Waals surface area contributed by atoms with Crippen LogP contribution in [0.15, 0.2) is 18.3 Å². The predicted octanol–water partition coefficient (Wildman–Crippen LogP) is 1.50. The number of amides is 1. The molecule has 29 heavy (non-hydrogen) atoms. The van der Waals surface area contributed by atoms with Crippen molar-refractivity contribution < 1.29 is 14.3 Å². The van der Waals surface area contributed by atoms with Gasteiger partial charge in [-0.05, 0) is 25.5 Å². The van der Waals surface area contributed by atoms with Crippen molar-refractivity contribution in [1.29, 1.82) is 0 Å². The number of ether oxygens (including phenoxy) is 2. The van der Waals surface area contributed by atoms with E-state index in [-0.39, 0.29) is 11.9 Å². The fourth-order valence-electron chi connectivity index (χ4n) is 4.32. The minimum atomic E-state index is 0.148. The number of morpholine rings is 1. The number of hydrogen-bond acceptors (Lipinski definition) is 6. The first kappa shape index (κ1) is 20.3. The number of carbonyl (C=O) groups excluding carboxylic acids is 1. The number of carbonyl (C=O) groups is 1. The molecule has 8 nitrogen and oxygen atoms in total. The third-order valence-electron chi connectivity index (χ3n) is 5.94. The first-order valence-corrected chi connectivity index (χ1v) is 10.6. The Balaban J connectivity index is 1.31. The molecule has 0 spiro atoms. The largest absolute Gasteiger partial charge is 0.383 e. The van der Waals surface area contributed by atoms with Crippen molar-refractivity contribution in [2.24, 2.45) is 0 Å². The van der Waals surface area contributed by atoms with Gasteiger partial charge < -0.3 is 18.9 Å². The van der Waals surface area contributed by atoms with Gasteiger partial charge in [-0.3, -0.25) is 9.69 Å². The summed E-state index contributed by atoms with van der Waals surface area (Å²) >= 11 is 0. The van der Waals surface area contributed by atoms with E-state index < -0.39 is 0 Å². The van der Waals surface area contributed by atoms with Crippen molar-refractivity contribution in [2.45, 2.75) is 38.3 Å². The van der Waals surface area contributed by atoms with E-state index in [1.54, 1.807) is 13.3 Å². The van der Waals surface area contributed by atoms with Crippen molar-refractivity contribution in [1.82, 2.24) is 24.3 Å². The Hall–Kier alpha value is -2.03. The van der Waals surface area contributed by atoms with Crippen molar-refractivity contribution in [2.75, 3.05) is 53.1 Å². The summed E-state index contributed by atoms with van der Waals surface area (Å²) in [5.41, 5.74) is 1.78. The quantitative estimate of drug-likeness (QED) is 0.668. The minimum absolute atomic E-state index is 0.148. The van der Waals surface area contributed by atoms with Gasteiger partial charge in [-0.25, -0.2) is 9.97 Å². The Labute approximate surface area is 171 Å². The van der Waals surface area contributed by atoms with E-state index in [9.17, 15) is 4.79 Å². The molecule has 2 aliphatic rings. The van der Waals surface area contributed by atoms with Crippen molar-refractivity contribution in [3.05, 3.63) is 24.2 Å². The maximum Gasteiger partial charge on any atom is 0.222 e. The van der Waals surface area contributed by atoms with Gasteiger partial charge >= 0.3 is 0 Å². The van der Waals surface area contributed by atoms with Gasteiger partial charge in [0.25, 0.3) is 0 Å². The Morgan fingerprint density at radius 2 is 2.14 bits per heavy atom. The standard InChI is InChI=1S/C21H31N5O3/c1-16(15-28-2)26-19(23-18-5-4-8-22-21(18)26)6-3-7-20(27)25-13-17(14-25)24-9-11-29-12-10-24/h4-5,8,16-17H,3,6-7,9-15H2,1-2H3/t16-/m0/s1. The van der Waals surface area contributed by atoms with Gasteiger partial charge in [0.2, 0.25) is 5.91 Å². The average molecular weight is 402 g/mol. The molecule has 0 aliphatic carbocycles. The first-order chi connectivity index (χ1) is 14.2. The molecule has 158 valence electrons. The summed E-state index contributed by atoms with van der Waals surface area (Å²) in [7, 11) is 1.71. The van der Waals surface area contributed by atoms with Crippen LogP contribution in [0.1, 0.15) is 31.6 Å². The molecule has 4 heterocycles. The second-order valence-corrected chi connectivity index (χ2v) is 8.00. The van der Waals surface area contributed by atoms with Crippen LogP contribution in [0.25, 0.3) is 11.2 Å². The fourth-order valence-corrected chi connectivity index (χ4v) is 4.32. The molecule has 2 aromatic heterocycles. The molecular formula is C21H31N5O3. The number of rotatable bonds is 8. The highest BCUT2D eigenvalue weighted by Gasteiger charge is 2.34. The molecule has 0 bridgehead atoms. The van der Waals surface area contributed by atoms with E-state index in [1.807, 2.05) is 17.0 Å². The zero-order valence-electron chi connectivity index (χ0n) is 17.4. The number of hydrogen-bond donors (Lipinski definition) is 0. The Bertz CT molecular complexity index is 827. The molecular weight excluding hydrogens is 370 g/mol. The van der Waals surface area contributed by atoms with Gasteiger partial charge in [-0.2, -0.15) is 0 Å². The lowest BCUT2D eigenvalue weighted by Crippen LogP contribution is -2.62. The van der Waals surface area contributed by atoms with E-state index in [2.05, 4.69) is 21.4 Å². The smallest absolute Gasteiger partial charge is 0.222 e. The Kier molecular flexibility index (Phi) is 6.42. The molecule has 0 aromatic carbocycles. The van der Waals surface area contributed by atoms with Crippen LogP contribution >= 0.6 is 0 Å². The molecule has 2 aromatic rings. The van der Waals surface area contributed by atoms with Gasteiger partial charge in [-0.1, -0.05) is 0 Å². The van der Waals surface area contributed by atoms with Crippen LogP contribution in [0.2, 0.25) is 0 Å². The molecule has 1 atom stereocenters. The maximum atomic E-state index is 12.6. The lowest BCUT2D eigenvalue weighted by Gasteiger charge is -2.46.